The Hall–Kier alpha value is -0.730. The summed E-state index contributed by atoms with van der Waals surface area (Å²) in [5, 5.41) is 9.70. The summed E-state index contributed by atoms with van der Waals surface area (Å²) in [5.74, 6) is 0.134. The topological polar surface area (TPSA) is 46.2 Å². The Labute approximate surface area is 70.6 Å². The van der Waals surface area contributed by atoms with Gasteiger partial charge in [0.2, 0.25) is 0 Å². The fourth-order valence-corrected chi connectivity index (χ4v) is 1.15. The van der Waals surface area contributed by atoms with Crippen LogP contribution >= 0.6 is 11.6 Å². The summed E-state index contributed by atoms with van der Waals surface area (Å²) >= 11 is 5.77. The highest BCUT2D eigenvalue weighted by molar-refractivity contribution is 6.32. The van der Waals surface area contributed by atoms with Crippen molar-refractivity contribution in [3.63, 3.8) is 0 Å². The van der Waals surface area contributed by atoms with Crippen LogP contribution in [0.2, 0.25) is 5.02 Å². The van der Waals surface area contributed by atoms with Crippen molar-refractivity contribution in [3.05, 3.63) is 28.3 Å². The SMILES string of the molecule is Cc1ccc(CN)c(Cl)c1O. The second-order valence-corrected chi connectivity index (χ2v) is 2.79. The first-order chi connectivity index (χ1) is 5.16. The van der Waals surface area contributed by atoms with Crippen molar-refractivity contribution in [2.45, 2.75) is 13.5 Å². The Kier molecular flexibility index (Phi) is 2.37. The molecule has 0 bridgehead atoms. The molecule has 1 aromatic rings. The molecule has 3 N–H and O–H groups in total. The van der Waals surface area contributed by atoms with Gasteiger partial charge in [0.15, 0.2) is 0 Å². The summed E-state index contributed by atoms with van der Waals surface area (Å²) in [6.07, 6.45) is 0. The summed E-state index contributed by atoms with van der Waals surface area (Å²) in [7, 11) is 0. The molecule has 0 spiro atoms. The fourth-order valence-electron chi connectivity index (χ4n) is 0.861. The number of rotatable bonds is 1. The Morgan fingerprint density at radius 2 is 2.18 bits per heavy atom. The van der Waals surface area contributed by atoms with Gasteiger partial charge in [0.1, 0.15) is 5.75 Å². The molecule has 0 amide bonds. The minimum absolute atomic E-state index is 0.134. The molecule has 0 aliphatic carbocycles. The zero-order valence-corrected chi connectivity index (χ0v) is 7.02. The second kappa shape index (κ2) is 3.11. The molecule has 3 heteroatoms. The van der Waals surface area contributed by atoms with Gasteiger partial charge in [-0.2, -0.15) is 0 Å². The van der Waals surface area contributed by atoms with Crippen molar-refractivity contribution >= 4 is 11.6 Å². The maximum atomic E-state index is 9.33. The van der Waals surface area contributed by atoms with Crippen LogP contribution < -0.4 is 5.73 Å². The zero-order chi connectivity index (χ0) is 8.43. The van der Waals surface area contributed by atoms with Crippen LogP contribution in [0.3, 0.4) is 0 Å². The van der Waals surface area contributed by atoms with Crippen LogP contribution in [0, 0.1) is 6.92 Å². The van der Waals surface area contributed by atoms with Crippen LogP contribution in [0.4, 0.5) is 0 Å². The predicted octanol–water partition coefficient (Wildman–Crippen LogP) is 1.81. The molecular weight excluding hydrogens is 162 g/mol. The molecule has 0 aliphatic heterocycles. The van der Waals surface area contributed by atoms with Crippen LogP contribution in [0.1, 0.15) is 11.1 Å². The normalized spacial score (nSPS) is 10.1. The molecule has 0 radical (unpaired) electrons. The number of aryl methyl sites for hydroxylation is 1. The third-order valence-corrected chi connectivity index (χ3v) is 2.04. The third-order valence-electron chi connectivity index (χ3n) is 1.62. The molecule has 1 aromatic carbocycles. The number of hydrogen-bond donors (Lipinski definition) is 2. The summed E-state index contributed by atoms with van der Waals surface area (Å²) < 4.78 is 0. The van der Waals surface area contributed by atoms with E-state index in [1.807, 2.05) is 6.07 Å². The first-order valence-corrected chi connectivity index (χ1v) is 3.71. The lowest BCUT2D eigenvalue weighted by molar-refractivity contribution is 0.470. The summed E-state index contributed by atoms with van der Waals surface area (Å²) in [6, 6.07) is 3.61. The maximum absolute atomic E-state index is 9.33. The molecule has 11 heavy (non-hydrogen) atoms. The lowest BCUT2D eigenvalue weighted by atomic mass is 10.1. The number of hydrogen-bond acceptors (Lipinski definition) is 2. The number of halogens is 1. The molecule has 0 atom stereocenters. The maximum Gasteiger partial charge on any atom is 0.137 e. The van der Waals surface area contributed by atoms with Gasteiger partial charge in [-0.1, -0.05) is 23.7 Å². The van der Waals surface area contributed by atoms with E-state index in [9.17, 15) is 5.11 Å². The molecule has 2 nitrogen and oxygen atoms in total. The molecule has 60 valence electrons. The smallest absolute Gasteiger partial charge is 0.137 e. The highest BCUT2D eigenvalue weighted by Gasteiger charge is 2.05. The summed E-state index contributed by atoms with van der Waals surface area (Å²) in [5.41, 5.74) is 6.92. The number of benzene rings is 1. The Balaban J connectivity index is 3.25. The summed E-state index contributed by atoms with van der Waals surface area (Å²) in [6.45, 7) is 2.15. The van der Waals surface area contributed by atoms with Crippen molar-refractivity contribution in [1.29, 1.82) is 0 Å². The minimum Gasteiger partial charge on any atom is -0.506 e. The third kappa shape index (κ3) is 1.47. The van der Waals surface area contributed by atoms with Crippen LogP contribution in [-0.2, 0) is 6.54 Å². The van der Waals surface area contributed by atoms with Gasteiger partial charge in [-0.05, 0) is 18.1 Å². The standard InChI is InChI=1S/C8H10ClNO/c1-5-2-3-6(4-10)7(9)8(5)11/h2-3,11H,4,10H2,1H3. The molecule has 0 fully saturated rings. The summed E-state index contributed by atoms with van der Waals surface area (Å²) in [4.78, 5) is 0. The number of aromatic hydroxyl groups is 1. The first-order valence-electron chi connectivity index (χ1n) is 3.34. The molecule has 0 aromatic heterocycles. The van der Waals surface area contributed by atoms with Crippen molar-refractivity contribution in [2.24, 2.45) is 5.73 Å². The van der Waals surface area contributed by atoms with E-state index in [1.54, 1.807) is 13.0 Å². The average molecular weight is 172 g/mol. The molecule has 1 rings (SSSR count). The van der Waals surface area contributed by atoms with Crippen molar-refractivity contribution in [2.75, 3.05) is 0 Å². The lowest BCUT2D eigenvalue weighted by Crippen LogP contribution is -1.97. The minimum atomic E-state index is 0.134. The van der Waals surface area contributed by atoms with E-state index in [4.69, 9.17) is 17.3 Å². The molecule has 0 saturated heterocycles. The Morgan fingerprint density at radius 3 is 2.73 bits per heavy atom. The van der Waals surface area contributed by atoms with Crippen LogP contribution in [0.5, 0.6) is 5.75 Å². The van der Waals surface area contributed by atoms with Crippen molar-refractivity contribution in [3.8, 4) is 5.75 Å². The van der Waals surface area contributed by atoms with E-state index in [0.29, 0.717) is 11.6 Å². The van der Waals surface area contributed by atoms with Gasteiger partial charge in [-0.15, -0.1) is 0 Å². The molecule has 0 saturated carbocycles. The highest BCUT2D eigenvalue weighted by atomic mass is 35.5. The van der Waals surface area contributed by atoms with E-state index in [1.165, 1.54) is 0 Å². The number of phenolic OH excluding ortho intramolecular Hbond substituents is 1. The molecular formula is C8H10ClNO. The number of phenols is 1. The van der Waals surface area contributed by atoms with E-state index < -0.39 is 0 Å². The van der Waals surface area contributed by atoms with E-state index >= 15 is 0 Å². The fraction of sp³-hybridized carbons (Fsp3) is 0.250. The largest absolute Gasteiger partial charge is 0.506 e. The van der Waals surface area contributed by atoms with Gasteiger partial charge in [-0.25, -0.2) is 0 Å². The van der Waals surface area contributed by atoms with E-state index in [0.717, 1.165) is 11.1 Å². The molecule has 0 unspecified atom stereocenters. The second-order valence-electron chi connectivity index (χ2n) is 2.41. The lowest BCUT2D eigenvalue weighted by Gasteiger charge is -2.04. The Morgan fingerprint density at radius 1 is 1.55 bits per heavy atom. The van der Waals surface area contributed by atoms with E-state index in [2.05, 4.69) is 0 Å². The molecule has 0 aliphatic rings. The monoisotopic (exact) mass is 171 g/mol. The van der Waals surface area contributed by atoms with Gasteiger partial charge >= 0.3 is 0 Å². The van der Waals surface area contributed by atoms with Gasteiger partial charge < -0.3 is 10.8 Å². The van der Waals surface area contributed by atoms with Gasteiger partial charge in [0.25, 0.3) is 0 Å². The molecule has 0 heterocycles. The highest BCUT2D eigenvalue weighted by Crippen LogP contribution is 2.29. The average Bonchev–Trinajstić information content (AvgIpc) is 2.01. The number of nitrogens with two attached hydrogens (primary N) is 1. The van der Waals surface area contributed by atoms with Gasteiger partial charge in [-0.3, -0.25) is 0 Å². The van der Waals surface area contributed by atoms with Crippen molar-refractivity contribution in [1.82, 2.24) is 0 Å². The first kappa shape index (κ1) is 8.37. The zero-order valence-electron chi connectivity index (χ0n) is 6.26. The Bertz CT molecular complexity index is 273. The van der Waals surface area contributed by atoms with E-state index in [-0.39, 0.29) is 5.75 Å². The van der Waals surface area contributed by atoms with Crippen molar-refractivity contribution < 1.29 is 5.11 Å². The van der Waals surface area contributed by atoms with Gasteiger partial charge in [0, 0.05) is 6.54 Å². The van der Waals surface area contributed by atoms with Crippen LogP contribution in [0.15, 0.2) is 12.1 Å². The van der Waals surface area contributed by atoms with Crippen LogP contribution in [-0.4, -0.2) is 5.11 Å². The van der Waals surface area contributed by atoms with Gasteiger partial charge in [0.05, 0.1) is 5.02 Å². The predicted molar refractivity (Wildman–Crippen MR) is 45.7 cm³/mol. The van der Waals surface area contributed by atoms with Crippen LogP contribution in [0.25, 0.3) is 0 Å². The quantitative estimate of drug-likeness (QED) is 0.677.